The molecule has 0 saturated carbocycles. The molecule has 9 amide bonds. The van der Waals surface area contributed by atoms with Crippen LogP contribution in [-0.2, 0) is 59.0 Å². The van der Waals surface area contributed by atoms with Crippen molar-refractivity contribution in [3.63, 3.8) is 0 Å². The molecular formula is C52H91N15O12. The first-order valence-electron chi connectivity index (χ1n) is 28.1. The Bertz CT molecular complexity index is 2030. The molecule has 0 bridgehead atoms. The van der Waals surface area contributed by atoms with Gasteiger partial charge in [-0.3, -0.25) is 48.1 Å². The van der Waals surface area contributed by atoms with Crippen molar-refractivity contribution in [3.8, 4) is 0 Å². The predicted molar refractivity (Wildman–Crippen MR) is 293 cm³/mol. The highest BCUT2D eigenvalue weighted by Crippen LogP contribution is 2.16. The molecule has 0 radical (unpaired) electrons. The molecule has 0 aromatic carbocycles. The fourth-order valence-corrected chi connectivity index (χ4v) is 8.26. The van der Waals surface area contributed by atoms with Gasteiger partial charge in [-0.05, 0) is 45.1 Å². The largest absolute Gasteiger partial charge is 0.394 e. The van der Waals surface area contributed by atoms with Crippen LogP contribution >= 0.6 is 0 Å². The first-order chi connectivity index (χ1) is 38.2. The fourth-order valence-electron chi connectivity index (χ4n) is 8.26. The van der Waals surface area contributed by atoms with Crippen molar-refractivity contribution in [1.29, 1.82) is 0 Å². The maximum absolute atomic E-state index is 13.9. The Balaban J connectivity index is 1.71. The van der Waals surface area contributed by atoms with E-state index in [0.29, 0.717) is 44.3 Å². The number of amides is 9. The van der Waals surface area contributed by atoms with Crippen LogP contribution in [0.25, 0.3) is 0 Å². The number of hydrogen-bond donors (Lipinski definition) is 12. The summed E-state index contributed by atoms with van der Waals surface area (Å²) in [5, 5.41) is 44.3. The lowest BCUT2D eigenvalue weighted by Crippen LogP contribution is -2.59. The second-order valence-corrected chi connectivity index (χ2v) is 19.4. The van der Waals surface area contributed by atoms with Crippen LogP contribution < -0.4 is 54.0 Å². The van der Waals surface area contributed by atoms with Gasteiger partial charge in [0, 0.05) is 57.6 Å². The molecule has 0 unspecified atom stereocenters. The van der Waals surface area contributed by atoms with Crippen LogP contribution in [0.2, 0.25) is 0 Å². The number of nitrogens with two attached hydrogens (primary N) is 2. The number of primary amides is 1. The minimum atomic E-state index is -1.62. The standard InChI is InChI=1S/C52H91N15O12/c1-3-4-21-38(48(73)55-2)60-49(74)39(22-18-27-53)61-51(76)41(33-37-20-19-28-56-37)63-50(75)40(25-26-43(54)69)62-52(77)42(35-68)59-46(71)34-58-47(72)36-79-32-31-78-30-29-57-45(70)24-17-15-13-11-9-7-5-6-8-10-12-14-16-23-44-64-66-67-65-44/h20,28,38-42,68H,3-19,21-27,29-36,53H2,1-2H3,(H2,54,69)(H,55,73)(H,57,70)(H,58,72)(H,59,71)(H,60,74)(H,61,76)(H,62,77)(H,63,75)(H,64,65,66,67)/t38-,39-,40-,41-,42-/m0/s1. The van der Waals surface area contributed by atoms with E-state index in [1.54, 1.807) is 12.3 Å². The number of aromatic amines is 1. The van der Waals surface area contributed by atoms with Crippen molar-refractivity contribution in [2.45, 2.75) is 191 Å². The third-order valence-electron chi connectivity index (χ3n) is 12.8. The minimum absolute atomic E-state index is 0.0311. The van der Waals surface area contributed by atoms with Crippen LogP contribution in [0.1, 0.15) is 160 Å². The topological polar surface area (TPSA) is 407 Å². The van der Waals surface area contributed by atoms with Gasteiger partial charge in [0.1, 0.15) is 36.8 Å². The Morgan fingerprint density at radius 1 is 0.633 bits per heavy atom. The molecule has 0 saturated heterocycles. The molecule has 2 rings (SSSR count). The Labute approximate surface area is 464 Å². The molecule has 14 N–H and O–H groups in total. The molecule has 1 aromatic heterocycles. The van der Waals surface area contributed by atoms with Crippen molar-refractivity contribution in [2.75, 3.05) is 59.7 Å². The summed E-state index contributed by atoms with van der Waals surface area (Å²) in [7, 11) is 1.44. The van der Waals surface area contributed by atoms with Crippen molar-refractivity contribution in [2.24, 2.45) is 16.5 Å². The van der Waals surface area contributed by atoms with Crippen LogP contribution in [0, 0.1) is 0 Å². The summed E-state index contributed by atoms with van der Waals surface area (Å²) in [4.78, 5) is 121. The fraction of sp³-hybridized carbons (Fsp3) is 0.750. The molecular weight excluding hydrogens is 1030 g/mol. The highest BCUT2D eigenvalue weighted by atomic mass is 16.5. The van der Waals surface area contributed by atoms with Gasteiger partial charge in [-0.25, -0.2) is 0 Å². The molecule has 0 fully saturated rings. The van der Waals surface area contributed by atoms with Gasteiger partial charge >= 0.3 is 0 Å². The molecule has 446 valence electrons. The highest BCUT2D eigenvalue weighted by Gasteiger charge is 2.33. The first kappa shape index (κ1) is 68.7. The van der Waals surface area contributed by atoms with Crippen molar-refractivity contribution in [3.05, 3.63) is 17.6 Å². The second kappa shape index (κ2) is 43.4. The van der Waals surface area contributed by atoms with E-state index in [1.165, 1.54) is 64.8 Å². The first-order valence-corrected chi connectivity index (χ1v) is 28.1. The number of allylic oxidation sites excluding steroid dienone is 1. The third-order valence-corrected chi connectivity index (χ3v) is 12.8. The number of ether oxygens (including phenoxy) is 2. The van der Waals surface area contributed by atoms with Crippen LogP contribution in [0.3, 0.4) is 0 Å². The molecule has 27 nitrogen and oxygen atoms in total. The monoisotopic (exact) mass is 1120 g/mol. The van der Waals surface area contributed by atoms with Gasteiger partial charge in [0.15, 0.2) is 5.82 Å². The van der Waals surface area contributed by atoms with Gasteiger partial charge < -0.3 is 68.6 Å². The second-order valence-electron chi connectivity index (χ2n) is 19.4. The molecule has 27 heteroatoms. The summed E-state index contributed by atoms with van der Waals surface area (Å²) >= 11 is 0. The maximum atomic E-state index is 13.9. The lowest BCUT2D eigenvalue weighted by molar-refractivity contribution is -0.135. The Morgan fingerprint density at radius 3 is 1.77 bits per heavy atom. The summed E-state index contributed by atoms with van der Waals surface area (Å²) in [5.74, 6) is -5.42. The number of aliphatic hydroxyl groups excluding tert-OH is 1. The van der Waals surface area contributed by atoms with E-state index < -0.39 is 97.2 Å². The normalized spacial score (nSPS) is 13.7. The van der Waals surface area contributed by atoms with E-state index in [-0.39, 0.29) is 58.0 Å². The number of carbonyl (C=O) groups excluding carboxylic acids is 9. The van der Waals surface area contributed by atoms with Gasteiger partial charge in [-0.15, -0.1) is 10.2 Å². The van der Waals surface area contributed by atoms with Gasteiger partial charge in [0.05, 0.1) is 33.0 Å². The molecule has 1 aromatic rings. The number of rotatable bonds is 48. The van der Waals surface area contributed by atoms with Gasteiger partial charge in [-0.1, -0.05) is 102 Å². The van der Waals surface area contributed by atoms with Crippen LogP contribution in [0.4, 0.5) is 0 Å². The number of hydrogen-bond acceptors (Lipinski definition) is 17. The Hall–Kier alpha value is -6.45. The lowest BCUT2D eigenvalue weighted by Gasteiger charge is -2.27. The number of aliphatic hydroxyl groups is 1. The quantitative estimate of drug-likeness (QED) is 0.0369. The number of nitrogens with one attached hydrogen (secondary N) is 9. The van der Waals surface area contributed by atoms with E-state index in [1.807, 2.05) is 6.92 Å². The van der Waals surface area contributed by atoms with Crippen LogP contribution in [0.5, 0.6) is 0 Å². The Kier molecular flexibility index (Phi) is 37.7. The number of aryl methyl sites for hydroxylation is 1. The smallest absolute Gasteiger partial charge is 0.246 e. The average Bonchev–Trinajstić information content (AvgIpc) is 4.17. The molecule has 1 aliphatic heterocycles. The highest BCUT2D eigenvalue weighted by molar-refractivity contribution is 5.97. The average molecular weight is 1120 g/mol. The molecule has 2 heterocycles. The SMILES string of the molecule is CCCC[C@H](NC(=O)[C@H](CCCN)NC(=O)[C@H](CC1=CCC=N1)NC(=O)[C@H](CCC(N)=O)NC(=O)[C@H](CO)NC(=O)CNC(=O)COCCOCCNC(=O)CCCCCCCCCCCCCCCc1nn[nH]n1)C(=O)NC. The van der Waals surface area contributed by atoms with Gasteiger partial charge in [-0.2, -0.15) is 5.21 Å². The molecule has 79 heavy (non-hydrogen) atoms. The van der Waals surface area contributed by atoms with Crippen LogP contribution in [0.15, 0.2) is 16.8 Å². The van der Waals surface area contributed by atoms with E-state index >= 15 is 0 Å². The van der Waals surface area contributed by atoms with Crippen molar-refractivity contribution >= 4 is 59.4 Å². The maximum Gasteiger partial charge on any atom is 0.246 e. The van der Waals surface area contributed by atoms with E-state index in [4.69, 9.17) is 20.9 Å². The molecule has 1 aliphatic rings. The summed E-state index contributed by atoms with van der Waals surface area (Å²) < 4.78 is 10.8. The summed E-state index contributed by atoms with van der Waals surface area (Å²) in [5.41, 5.74) is 11.5. The molecule has 0 aliphatic carbocycles. The molecule has 0 spiro atoms. The zero-order valence-electron chi connectivity index (χ0n) is 46.6. The van der Waals surface area contributed by atoms with E-state index in [2.05, 4.69) is 68.2 Å². The summed E-state index contributed by atoms with van der Waals surface area (Å²) in [6.07, 6.45) is 21.7. The zero-order chi connectivity index (χ0) is 57.9. The number of nitrogens with zero attached hydrogens (tertiary/aromatic N) is 4. The summed E-state index contributed by atoms with van der Waals surface area (Å²) in [6.45, 7) is 0.965. The number of H-pyrrole nitrogens is 1. The predicted octanol–water partition coefficient (Wildman–Crippen LogP) is -0.425. The van der Waals surface area contributed by atoms with Gasteiger partial charge in [0.25, 0.3) is 0 Å². The Morgan fingerprint density at radius 2 is 1.20 bits per heavy atom. The number of aromatic nitrogens is 4. The molecule has 5 atom stereocenters. The third kappa shape index (κ3) is 32.9. The van der Waals surface area contributed by atoms with Crippen molar-refractivity contribution < 1.29 is 57.7 Å². The zero-order valence-corrected chi connectivity index (χ0v) is 46.6. The number of likely N-dealkylation sites (N-methyl/N-ethyl adjacent to an activating group) is 1. The minimum Gasteiger partial charge on any atom is -0.394 e. The number of unbranched alkanes of at least 4 members (excludes halogenated alkanes) is 13. The number of aliphatic imine (C=N–C) groups is 1. The van der Waals surface area contributed by atoms with Gasteiger partial charge in [0.2, 0.25) is 53.2 Å². The van der Waals surface area contributed by atoms with Crippen molar-refractivity contribution in [1.82, 2.24) is 63.2 Å². The van der Waals surface area contributed by atoms with Crippen LogP contribution in [-0.4, -0.2) is 175 Å². The number of carbonyl (C=O) groups is 9. The number of tetrazole rings is 1. The summed E-state index contributed by atoms with van der Waals surface area (Å²) in [6, 6.07) is -6.53. The van der Waals surface area contributed by atoms with E-state index in [0.717, 1.165) is 44.3 Å². The lowest BCUT2D eigenvalue weighted by atomic mass is 10.0. The van der Waals surface area contributed by atoms with E-state index in [9.17, 15) is 48.3 Å².